The minimum absolute atomic E-state index is 0.0287. The van der Waals surface area contributed by atoms with Gasteiger partial charge in [-0.25, -0.2) is 0 Å². The lowest BCUT2D eigenvalue weighted by Gasteiger charge is -2.25. The summed E-state index contributed by atoms with van der Waals surface area (Å²) in [5, 5.41) is 3.93. The van der Waals surface area contributed by atoms with Crippen LogP contribution in [0.5, 0.6) is 5.75 Å². The van der Waals surface area contributed by atoms with E-state index in [4.69, 9.17) is 9.47 Å². The Bertz CT molecular complexity index is 1090. The van der Waals surface area contributed by atoms with E-state index in [9.17, 15) is 9.59 Å². The molecule has 2 amide bonds. The average molecular weight is 468 g/mol. The molecule has 1 aliphatic heterocycles. The minimum atomic E-state index is -0.361. The van der Waals surface area contributed by atoms with Crippen molar-refractivity contribution >= 4 is 23.3 Å². The summed E-state index contributed by atoms with van der Waals surface area (Å²) in [6, 6.07) is 11.4. The molecule has 0 aliphatic carbocycles. The summed E-state index contributed by atoms with van der Waals surface area (Å²) in [5.74, 6) is 0.364. The zero-order valence-electron chi connectivity index (χ0n) is 18.5. The number of aryl methyl sites for hydroxylation is 1. The molecule has 0 radical (unpaired) electrons. The van der Waals surface area contributed by atoms with Crippen LogP contribution >= 0.6 is 11.5 Å². The van der Waals surface area contributed by atoms with Gasteiger partial charge in [-0.2, -0.15) is 0 Å². The van der Waals surface area contributed by atoms with Crippen LogP contribution in [0.3, 0.4) is 0 Å². The Kier molecular flexibility index (Phi) is 7.26. The molecule has 1 atom stereocenters. The Balaban J connectivity index is 1.53. The van der Waals surface area contributed by atoms with Gasteiger partial charge in [-0.1, -0.05) is 22.7 Å². The number of carbonyl (C=O) groups excluding carboxylic acids is 2. The van der Waals surface area contributed by atoms with E-state index in [1.165, 1.54) is 4.90 Å². The Morgan fingerprint density at radius 3 is 2.67 bits per heavy atom. The van der Waals surface area contributed by atoms with Gasteiger partial charge in [0.2, 0.25) is 5.91 Å². The molecule has 3 heterocycles. The molecule has 33 heavy (non-hydrogen) atoms. The maximum absolute atomic E-state index is 13.1. The van der Waals surface area contributed by atoms with Crippen LogP contribution in [-0.4, -0.2) is 69.0 Å². The van der Waals surface area contributed by atoms with E-state index in [-0.39, 0.29) is 24.5 Å². The molecule has 0 saturated carbocycles. The molecule has 4 rings (SSSR count). The topological polar surface area (TPSA) is 97.8 Å². The van der Waals surface area contributed by atoms with Gasteiger partial charge in [0, 0.05) is 32.0 Å². The number of ether oxygens (including phenoxy) is 2. The minimum Gasteiger partial charge on any atom is -0.497 e. The van der Waals surface area contributed by atoms with Gasteiger partial charge in [0.15, 0.2) is 0 Å². The quantitative estimate of drug-likeness (QED) is 0.526. The summed E-state index contributed by atoms with van der Waals surface area (Å²) in [7, 11) is 1.61. The first-order chi connectivity index (χ1) is 16.0. The molecule has 1 aliphatic rings. The predicted molar refractivity (Wildman–Crippen MR) is 122 cm³/mol. The van der Waals surface area contributed by atoms with Crippen LogP contribution < -0.4 is 4.74 Å². The molecular formula is C23H25N5O4S. The third-order valence-corrected chi connectivity index (χ3v) is 6.22. The second-order valence-corrected chi connectivity index (χ2v) is 8.54. The van der Waals surface area contributed by atoms with Crippen LogP contribution in [0.1, 0.15) is 26.5 Å². The predicted octanol–water partition coefficient (Wildman–Crippen LogP) is 2.32. The molecule has 0 N–H and O–H groups in total. The molecule has 1 aromatic carbocycles. The molecule has 9 nitrogen and oxygen atoms in total. The van der Waals surface area contributed by atoms with Crippen LogP contribution in [0.4, 0.5) is 0 Å². The van der Waals surface area contributed by atoms with E-state index in [2.05, 4.69) is 14.6 Å². The zero-order chi connectivity index (χ0) is 23.2. The van der Waals surface area contributed by atoms with E-state index in [1.54, 1.807) is 31.3 Å². The highest BCUT2D eigenvalue weighted by molar-refractivity contribution is 7.07. The molecule has 1 fully saturated rings. The largest absolute Gasteiger partial charge is 0.497 e. The van der Waals surface area contributed by atoms with Crippen molar-refractivity contribution in [3.8, 4) is 5.75 Å². The molecule has 1 unspecified atom stereocenters. The number of carbonyl (C=O) groups is 2. The van der Waals surface area contributed by atoms with E-state index in [0.29, 0.717) is 36.8 Å². The van der Waals surface area contributed by atoms with Gasteiger partial charge < -0.3 is 19.3 Å². The molecule has 2 aromatic heterocycles. The third kappa shape index (κ3) is 5.71. The van der Waals surface area contributed by atoms with Crippen molar-refractivity contribution in [3.63, 3.8) is 0 Å². The number of rotatable bonds is 7. The first-order valence-electron chi connectivity index (χ1n) is 10.5. The molecular weight excluding hydrogens is 442 g/mol. The summed E-state index contributed by atoms with van der Waals surface area (Å²) in [5.41, 5.74) is 2.46. The fourth-order valence-corrected chi connectivity index (χ4v) is 4.24. The number of hydrogen-bond donors (Lipinski definition) is 0. The molecule has 172 valence electrons. The van der Waals surface area contributed by atoms with Crippen molar-refractivity contribution in [2.75, 3.05) is 26.7 Å². The van der Waals surface area contributed by atoms with Gasteiger partial charge in [-0.15, -0.1) is 5.10 Å². The first kappa shape index (κ1) is 22.8. The Labute approximate surface area is 196 Å². The summed E-state index contributed by atoms with van der Waals surface area (Å²) < 4.78 is 15.2. The lowest BCUT2D eigenvalue weighted by molar-refractivity contribution is -0.132. The van der Waals surface area contributed by atoms with Crippen molar-refractivity contribution < 1.29 is 19.1 Å². The average Bonchev–Trinajstić information content (AvgIpc) is 3.20. The summed E-state index contributed by atoms with van der Waals surface area (Å²) in [6.07, 6.45) is 3.09. The second-order valence-electron chi connectivity index (χ2n) is 7.79. The highest BCUT2D eigenvalue weighted by atomic mass is 32.1. The first-order valence-corrected chi connectivity index (χ1v) is 11.3. The van der Waals surface area contributed by atoms with Gasteiger partial charge in [0.25, 0.3) is 5.91 Å². The number of aromatic nitrogens is 3. The molecule has 0 bridgehead atoms. The summed E-state index contributed by atoms with van der Waals surface area (Å²) >= 11 is 1.04. The van der Waals surface area contributed by atoms with Crippen LogP contribution in [0.15, 0.2) is 48.8 Å². The lowest BCUT2D eigenvalue weighted by Crippen LogP contribution is -2.39. The van der Waals surface area contributed by atoms with Gasteiger partial charge in [-0.3, -0.25) is 14.6 Å². The number of nitrogens with zero attached hydrogens (tertiary/aromatic N) is 5. The smallest absolute Gasteiger partial charge is 0.268 e. The lowest BCUT2D eigenvalue weighted by atomic mass is 10.2. The zero-order valence-corrected chi connectivity index (χ0v) is 19.3. The Hall–Kier alpha value is -3.37. The fourth-order valence-electron chi connectivity index (χ4n) is 3.61. The second kappa shape index (κ2) is 10.5. The molecule has 3 aromatic rings. The maximum atomic E-state index is 13.1. The van der Waals surface area contributed by atoms with E-state index >= 15 is 0 Å². The van der Waals surface area contributed by atoms with Gasteiger partial charge in [0.05, 0.1) is 25.5 Å². The Morgan fingerprint density at radius 2 is 2.00 bits per heavy atom. The van der Waals surface area contributed by atoms with Crippen molar-refractivity contribution in [2.45, 2.75) is 26.2 Å². The number of benzene rings is 1. The Morgan fingerprint density at radius 1 is 1.18 bits per heavy atom. The van der Waals surface area contributed by atoms with Gasteiger partial charge in [0.1, 0.15) is 17.2 Å². The number of pyridine rings is 1. The van der Waals surface area contributed by atoms with Crippen molar-refractivity contribution in [2.24, 2.45) is 0 Å². The molecule has 0 spiro atoms. The maximum Gasteiger partial charge on any atom is 0.268 e. The number of amides is 2. The normalized spacial score (nSPS) is 16.5. The van der Waals surface area contributed by atoms with E-state index in [0.717, 1.165) is 28.4 Å². The van der Waals surface area contributed by atoms with Crippen molar-refractivity contribution in [3.05, 3.63) is 70.5 Å². The van der Waals surface area contributed by atoms with Crippen molar-refractivity contribution in [1.29, 1.82) is 0 Å². The van der Waals surface area contributed by atoms with Crippen molar-refractivity contribution in [1.82, 2.24) is 24.4 Å². The number of methoxy groups -OCH3 is 1. The van der Waals surface area contributed by atoms with Crippen LogP contribution in [0.2, 0.25) is 0 Å². The van der Waals surface area contributed by atoms with Gasteiger partial charge >= 0.3 is 0 Å². The summed E-state index contributed by atoms with van der Waals surface area (Å²) in [4.78, 5) is 34.1. The highest BCUT2D eigenvalue weighted by Crippen LogP contribution is 2.19. The third-order valence-electron chi connectivity index (χ3n) is 5.40. The fraction of sp³-hybridized carbons (Fsp3) is 0.348. The summed E-state index contributed by atoms with van der Waals surface area (Å²) in [6.45, 7) is 3.13. The standard InChI is InChI=1S/C23H25N5O4S/c1-16-22(33-26-25-16)23(30)28-13-20(32-15-18-4-3-9-24-10-18)12-27(21(29)14-28)11-17-5-7-19(31-2)8-6-17/h3-10,20H,11-15H2,1-2H3. The van der Waals surface area contributed by atoms with E-state index < -0.39 is 0 Å². The monoisotopic (exact) mass is 467 g/mol. The van der Waals surface area contributed by atoms with Gasteiger partial charge in [-0.05, 0) is 47.8 Å². The van der Waals surface area contributed by atoms with Crippen LogP contribution in [0, 0.1) is 6.92 Å². The SMILES string of the molecule is COc1ccc(CN2CC(OCc3cccnc3)CN(C(=O)c3snnc3C)CC2=O)cc1. The number of hydrogen-bond acceptors (Lipinski definition) is 8. The van der Waals surface area contributed by atoms with E-state index in [1.807, 2.05) is 36.4 Å². The van der Waals surface area contributed by atoms with Crippen LogP contribution in [0.25, 0.3) is 0 Å². The molecule has 10 heteroatoms. The molecule has 1 saturated heterocycles. The highest BCUT2D eigenvalue weighted by Gasteiger charge is 2.32. The van der Waals surface area contributed by atoms with Crippen LogP contribution in [-0.2, 0) is 22.7 Å².